The van der Waals surface area contributed by atoms with Crippen molar-refractivity contribution in [2.45, 2.75) is 97.3 Å². The standard InChI is InChI=1S/C12H14O.C9H21O2Si/c1-2-4-9(5-3-1)11-8-10-6-7-12(11)13-10;1-6-7-12(10-8(2)3)11-9(4)5/h6-9H,1-5H2;8-9H,6-7H2,1-5H3. The number of benzene rings is 1. The summed E-state index contributed by atoms with van der Waals surface area (Å²) in [4.78, 5) is 0. The van der Waals surface area contributed by atoms with Gasteiger partial charge in [-0.3, -0.25) is 0 Å². The average molecular weight is 364 g/mol. The van der Waals surface area contributed by atoms with Gasteiger partial charge < -0.3 is 13.3 Å². The Morgan fingerprint density at radius 3 is 2.12 bits per heavy atom. The molecule has 3 nitrogen and oxygen atoms in total. The highest BCUT2D eigenvalue weighted by Crippen LogP contribution is 2.37. The molecular formula is C21H35O3Si. The Morgan fingerprint density at radius 2 is 1.68 bits per heavy atom. The van der Waals surface area contributed by atoms with Crippen molar-refractivity contribution in [1.82, 2.24) is 0 Å². The van der Waals surface area contributed by atoms with Crippen molar-refractivity contribution in [2.24, 2.45) is 0 Å². The molecule has 0 aromatic carbocycles. The fourth-order valence-electron chi connectivity index (χ4n) is 3.42. The highest BCUT2D eigenvalue weighted by molar-refractivity contribution is 6.44. The van der Waals surface area contributed by atoms with Gasteiger partial charge in [-0.1, -0.05) is 32.6 Å². The van der Waals surface area contributed by atoms with Crippen molar-refractivity contribution in [3.8, 4) is 0 Å². The largest absolute Gasteiger partial charge is 0.457 e. The van der Waals surface area contributed by atoms with Gasteiger partial charge in [0, 0.05) is 17.8 Å². The molecule has 0 atom stereocenters. The molecule has 2 bridgehead atoms. The van der Waals surface area contributed by atoms with E-state index in [1.54, 1.807) is 0 Å². The van der Waals surface area contributed by atoms with Crippen LogP contribution < -0.4 is 0 Å². The van der Waals surface area contributed by atoms with Crippen LogP contribution in [0.4, 0.5) is 0 Å². The summed E-state index contributed by atoms with van der Waals surface area (Å²) in [6.45, 7) is 10.4. The molecule has 0 N–H and O–H groups in total. The summed E-state index contributed by atoms with van der Waals surface area (Å²) < 4.78 is 16.9. The van der Waals surface area contributed by atoms with E-state index in [-0.39, 0.29) is 0 Å². The lowest BCUT2D eigenvalue weighted by Gasteiger charge is -2.20. The lowest BCUT2D eigenvalue weighted by Crippen LogP contribution is -2.28. The second kappa shape index (κ2) is 10.3. The van der Waals surface area contributed by atoms with E-state index in [1.165, 1.54) is 37.7 Å². The molecule has 1 aliphatic rings. The zero-order valence-corrected chi connectivity index (χ0v) is 17.6. The molecule has 0 amide bonds. The van der Waals surface area contributed by atoms with Gasteiger partial charge in [-0.25, -0.2) is 0 Å². The predicted molar refractivity (Wildman–Crippen MR) is 107 cm³/mol. The van der Waals surface area contributed by atoms with Gasteiger partial charge in [0.2, 0.25) is 0 Å². The van der Waals surface area contributed by atoms with Crippen LogP contribution in [-0.2, 0) is 8.85 Å². The Bertz CT molecular complexity index is 562. The van der Waals surface area contributed by atoms with E-state index >= 15 is 0 Å². The first-order chi connectivity index (χ1) is 12.0. The Labute approximate surface area is 155 Å². The molecular weight excluding hydrogens is 328 g/mol. The first kappa shape index (κ1) is 20.5. The third-order valence-electron chi connectivity index (χ3n) is 4.44. The quantitative estimate of drug-likeness (QED) is 0.516. The van der Waals surface area contributed by atoms with Crippen molar-refractivity contribution in [2.75, 3.05) is 0 Å². The molecule has 1 fully saturated rings. The Morgan fingerprint density at radius 1 is 1.04 bits per heavy atom. The average Bonchev–Trinajstić information content (AvgIpc) is 3.18. The lowest BCUT2D eigenvalue weighted by atomic mass is 9.84. The minimum Gasteiger partial charge on any atom is -0.457 e. The Kier molecular flexibility index (Phi) is 8.47. The monoisotopic (exact) mass is 363 g/mol. The third kappa shape index (κ3) is 6.76. The van der Waals surface area contributed by atoms with E-state index in [0.29, 0.717) is 12.2 Å². The van der Waals surface area contributed by atoms with Crippen LogP contribution >= 0.6 is 0 Å². The van der Waals surface area contributed by atoms with Gasteiger partial charge in [-0.05, 0) is 70.7 Å². The van der Waals surface area contributed by atoms with Crippen LogP contribution in [0.15, 0.2) is 22.6 Å². The van der Waals surface area contributed by atoms with Crippen molar-refractivity contribution < 1.29 is 13.3 Å². The van der Waals surface area contributed by atoms with E-state index in [1.807, 2.05) is 0 Å². The van der Waals surface area contributed by atoms with Crippen LogP contribution in [0.5, 0.6) is 0 Å². The molecule has 0 spiro atoms. The zero-order chi connectivity index (χ0) is 18.2. The molecule has 1 aliphatic carbocycles. The lowest BCUT2D eigenvalue weighted by molar-refractivity contribution is 0.129. The summed E-state index contributed by atoms with van der Waals surface area (Å²) in [5, 5.41) is 0. The summed E-state index contributed by atoms with van der Waals surface area (Å²) in [6, 6.07) is 7.48. The van der Waals surface area contributed by atoms with E-state index in [2.05, 4.69) is 52.8 Å². The molecule has 1 saturated carbocycles. The number of rotatable bonds is 7. The van der Waals surface area contributed by atoms with Crippen LogP contribution in [-0.4, -0.2) is 21.5 Å². The maximum absolute atomic E-state index is 5.68. The second-order valence-corrected chi connectivity index (χ2v) is 9.31. The van der Waals surface area contributed by atoms with Crippen molar-refractivity contribution in [1.29, 1.82) is 0 Å². The van der Waals surface area contributed by atoms with E-state index in [9.17, 15) is 0 Å². The highest BCUT2D eigenvalue weighted by atomic mass is 28.3. The van der Waals surface area contributed by atoms with E-state index in [0.717, 1.165) is 29.5 Å². The van der Waals surface area contributed by atoms with E-state index < -0.39 is 9.28 Å². The SMILES string of the molecule is CCC[Si](OC(C)C)OC(C)C.c1cc2oc1cc2C1CCCCC1. The maximum atomic E-state index is 5.68. The van der Waals surface area contributed by atoms with Gasteiger partial charge >= 0.3 is 9.28 Å². The highest BCUT2D eigenvalue weighted by Gasteiger charge is 2.20. The third-order valence-corrected chi connectivity index (χ3v) is 6.82. The zero-order valence-electron chi connectivity index (χ0n) is 16.6. The minimum absolute atomic E-state index is 0.296. The summed E-state index contributed by atoms with van der Waals surface area (Å²) in [5.41, 5.74) is 3.65. The van der Waals surface area contributed by atoms with E-state index in [4.69, 9.17) is 13.3 Å². The van der Waals surface area contributed by atoms with Crippen molar-refractivity contribution in [3.63, 3.8) is 0 Å². The molecule has 4 heteroatoms. The van der Waals surface area contributed by atoms with Gasteiger partial charge in [-0.2, -0.15) is 0 Å². The molecule has 25 heavy (non-hydrogen) atoms. The molecule has 141 valence electrons. The summed E-state index contributed by atoms with van der Waals surface area (Å²) >= 11 is 0. The van der Waals surface area contributed by atoms with Crippen LogP contribution in [0.1, 0.15) is 84.6 Å². The summed E-state index contributed by atoms with van der Waals surface area (Å²) in [6.07, 6.45) is 8.68. The fraction of sp³-hybridized carbons (Fsp3) is 0.714. The molecule has 0 saturated heterocycles. The van der Waals surface area contributed by atoms with Crippen LogP contribution in [0.2, 0.25) is 6.04 Å². The van der Waals surface area contributed by atoms with Crippen LogP contribution in [0.25, 0.3) is 11.2 Å². The van der Waals surface area contributed by atoms with Gasteiger partial charge in [-0.15, -0.1) is 0 Å². The minimum atomic E-state index is -0.995. The Balaban J connectivity index is 0.000000182. The van der Waals surface area contributed by atoms with Gasteiger partial charge in [0.25, 0.3) is 0 Å². The number of fused-ring (bicyclic) bond motifs is 2. The predicted octanol–water partition coefficient (Wildman–Crippen LogP) is 6.65. The number of hydrogen-bond acceptors (Lipinski definition) is 3. The summed E-state index contributed by atoms with van der Waals surface area (Å²) in [7, 11) is -0.995. The smallest absolute Gasteiger partial charge is 0.385 e. The Hall–Kier alpha value is -0.843. The molecule has 2 heterocycles. The van der Waals surface area contributed by atoms with Crippen molar-refractivity contribution >= 4 is 20.4 Å². The summed E-state index contributed by atoms with van der Waals surface area (Å²) in [5.74, 6) is 0.784. The molecule has 2 aromatic heterocycles. The van der Waals surface area contributed by atoms with Gasteiger partial charge in [0.15, 0.2) is 0 Å². The first-order valence-electron chi connectivity index (χ1n) is 10.0. The molecule has 2 aromatic rings. The molecule has 0 unspecified atom stereocenters. The van der Waals surface area contributed by atoms with Crippen LogP contribution in [0, 0.1) is 0 Å². The number of furan rings is 2. The number of hydrogen-bond donors (Lipinski definition) is 0. The van der Waals surface area contributed by atoms with Crippen LogP contribution in [0.3, 0.4) is 0 Å². The topological polar surface area (TPSA) is 31.6 Å². The van der Waals surface area contributed by atoms with Gasteiger partial charge in [0.05, 0.1) is 0 Å². The molecule has 0 aliphatic heterocycles. The first-order valence-corrected chi connectivity index (χ1v) is 11.5. The molecule has 3 rings (SSSR count). The normalized spacial score (nSPS) is 16.2. The van der Waals surface area contributed by atoms with Gasteiger partial charge in [0.1, 0.15) is 11.2 Å². The maximum Gasteiger partial charge on any atom is 0.385 e. The van der Waals surface area contributed by atoms with Crippen molar-refractivity contribution in [3.05, 3.63) is 23.8 Å². The fourth-order valence-corrected chi connectivity index (χ4v) is 5.17. The second-order valence-electron chi connectivity index (χ2n) is 7.59. The molecule has 1 radical (unpaired) electrons.